The minimum absolute atomic E-state index is 0.0518. The zero-order chi connectivity index (χ0) is 18.8. The topological polar surface area (TPSA) is 40.6 Å². The van der Waals surface area contributed by atoms with E-state index in [0.29, 0.717) is 12.1 Å². The minimum atomic E-state index is -0.701. The number of halogens is 1. The SMILES string of the molecule is O=C1C(c2ccc(F)cc2)N(Cc2ccccc2)C(=O)CN1C1CCCC1. The molecule has 27 heavy (non-hydrogen) atoms. The normalized spacial score (nSPS) is 21.1. The van der Waals surface area contributed by atoms with E-state index in [0.717, 1.165) is 31.2 Å². The maximum absolute atomic E-state index is 13.4. The van der Waals surface area contributed by atoms with Crippen molar-refractivity contribution in [2.24, 2.45) is 0 Å². The van der Waals surface area contributed by atoms with Gasteiger partial charge >= 0.3 is 0 Å². The second kappa shape index (κ2) is 7.51. The highest BCUT2D eigenvalue weighted by molar-refractivity contribution is 5.95. The quantitative estimate of drug-likeness (QED) is 0.828. The fraction of sp³-hybridized carbons (Fsp3) is 0.364. The molecular weight excluding hydrogens is 343 g/mol. The number of rotatable bonds is 4. The monoisotopic (exact) mass is 366 g/mol. The molecule has 1 saturated heterocycles. The molecule has 1 heterocycles. The van der Waals surface area contributed by atoms with Crippen LogP contribution in [0.2, 0.25) is 0 Å². The summed E-state index contributed by atoms with van der Waals surface area (Å²) >= 11 is 0. The van der Waals surface area contributed by atoms with Crippen LogP contribution in [-0.2, 0) is 16.1 Å². The molecule has 1 atom stereocenters. The Morgan fingerprint density at radius 2 is 1.59 bits per heavy atom. The van der Waals surface area contributed by atoms with Crippen LogP contribution in [0.15, 0.2) is 54.6 Å². The zero-order valence-corrected chi connectivity index (χ0v) is 15.2. The van der Waals surface area contributed by atoms with Gasteiger partial charge in [0, 0.05) is 12.6 Å². The molecule has 2 fully saturated rings. The van der Waals surface area contributed by atoms with E-state index in [1.165, 1.54) is 12.1 Å². The molecule has 4 nitrogen and oxygen atoms in total. The zero-order valence-electron chi connectivity index (χ0n) is 15.2. The third kappa shape index (κ3) is 3.59. The van der Waals surface area contributed by atoms with Gasteiger partial charge in [0.25, 0.3) is 5.91 Å². The van der Waals surface area contributed by atoms with Crippen LogP contribution in [0.3, 0.4) is 0 Å². The van der Waals surface area contributed by atoms with Crippen molar-refractivity contribution in [3.8, 4) is 0 Å². The van der Waals surface area contributed by atoms with Gasteiger partial charge in [-0.3, -0.25) is 9.59 Å². The molecule has 1 aliphatic heterocycles. The molecular formula is C22H23FN2O2. The average Bonchev–Trinajstić information content (AvgIpc) is 3.21. The fourth-order valence-electron chi connectivity index (χ4n) is 4.20. The van der Waals surface area contributed by atoms with Gasteiger partial charge in [-0.1, -0.05) is 55.3 Å². The van der Waals surface area contributed by atoms with E-state index in [2.05, 4.69) is 0 Å². The number of piperazine rings is 1. The Bertz CT molecular complexity index is 816. The fourth-order valence-corrected chi connectivity index (χ4v) is 4.20. The van der Waals surface area contributed by atoms with Gasteiger partial charge in [-0.2, -0.15) is 0 Å². The first-order valence-electron chi connectivity index (χ1n) is 9.53. The van der Waals surface area contributed by atoms with E-state index in [1.807, 2.05) is 30.3 Å². The van der Waals surface area contributed by atoms with Gasteiger partial charge in [0.05, 0.1) is 0 Å². The molecule has 1 aliphatic carbocycles. The lowest BCUT2D eigenvalue weighted by Gasteiger charge is -2.43. The molecule has 140 valence electrons. The van der Waals surface area contributed by atoms with Crippen LogP contribution >= 0.6 is 0 Å². The number of carbonyl (C=O) groups excluding carboxylic acids is 2. The standard InChI is InChI=1S/C22H23FN2O2/c23-18-12-10-17(11-13-18)21-22(27)24(19-8-4-5-9-19)15-20(26)25(21)14-16-6-2-1-3-7-16/h1-3,6-7,10-13,19,21H,4-5,8-9,14-15H2. The van der Waals surface area contributed by atoms with Crippen LogP contribution in [0.25, 0.3) is 0 Å². The van der Waals surface area contributed by atoms with E-state index in [4.69, 9.17) is 0 Å². The number of hydrogen-bond donors (Lipinski definition) is 0. The van der Waals surface area contributed by atoms with E-state index in [1.54, 1.807) is 21.9 Å². The van der Waals surface area contributed by atoms with Crippen molar-refractivity contribution >= 4 is 11.8 Å². The summed E-state index contributed by atoms with van der Waals surface area (Å²) in [5.41, 5.74) is 1.63. The third-order valence-electron chi connectivity index (χ3n) is 5.60. The largest absolute Gasteiger partial charge is 0.328 e. The molecule has 0 spiro atoms. The Morgan fingerprint density at radius 1 is 0.926 bits per heavy atom. The van der Waals surface area contributed by atoms with Crippen molar-refractivity contribution in [3.05, 3.63) is 71.5 Å². The van der Waals surface area contributed by atoms with Crippen LogP contribution in [0.5, 0.6) is 0 Å². The maximum Gasteiger partial charge on any atom is 0.250 e. The highest BCUT2D eigenvalue weighted by Crippen LogP contribution is 2.33. The predicted molar refractivity (Wildman–Crippen MR) is 100 cm³/mol. The van der Waals surface area contributed by atoms with Gasteiger partial charge < -0.3 is 9.80 Å². The Labute approximate surface area is 158 Å². The highest BCUT2D eigenvalue weighted by Gasteiger charge is 2.43. The Kier molecular flexibility index (Phi) is 4.92. The lowest BCUT2D eigenvalue weighted by molar-refractivity contribution is -0.159. The van der Waals surface area contributed by atoms with Gasteiger partial charge in [-0.25, -0.2) is 4.39 Å². The van der Waals surface area contributed by atoms with Gasteiger partial charge in [0.2, 0.25) is 5.91 Å². The molecule has 0 aromatic heterocycles. The molecule has 2 aromatic carbocycles. The van der Waals surface area contributed by atoms with E-state index >= 15 is 0 Å². The third-order valence-corrected chi connectivity index (χ3v) is 5.60. The van der Waals surface area contributed by atoms with Gasteiger partial charge in [-0.05, 0) is 36.1 Å². The molecule has 2 amide bonds. The van der Waals surface area contributed by atoms with Gasteiger partial charge in [0.15, 0.2) is 0 Å². The van der Waals surface area contributed by atoms with Crippen LogP contribution in [0, 0.1) is 5.82 Å². The average molecular weight is 366 g/mol. The van der Waals surface area contributed by atoms with E-state index in [9.17, 15) is 14.0 Å². The van der Waals surface area contributed by atoms with Crippen molar-refractivity contribution in [3.63, 3.8) is 0 Å². The van der Waals surface area contributed by atoms with Crippen LogP contribution in [0.4, 0.5) is 4.39 Å². The number of carbonyl (C=O) groups is 2. The molecule has 2 aliphatic rings. The summed E-state index contributed by atoms with van der Waals surface area (Å²) in [7, 11) is 0. The van der Waals surface area contributed by atoms with Crippen molar-refractivity contribution in [1.29, 1.82) is 0 Å². The van der Waals surface area contributed by atoms with Crippen molar-refractivity contribution in [2.75, 3.05) is 6.54 Å². The lowest BCUT2D eigenvalue weighted by atomic mass is 9.98. The Hall–Kier alpha value is -2.69. The number of benzene rings is 2. The summed E-state index contributed by atoms with van der Waals surface area (Å²) in [6.45, 7) is 0.500. The van der Waals surface area contributed by atoms with Crippen LogP contribution in [0.1, 0.15) is 42.9 Å². The number of nitrogens with zero attached hydrogens (tertiary/aromatic N) is 2. The maximum atomic E-state index is 13.4. The summed E-state index contributed by atoms with van der Waals surface area (Å²) in [4.78, 5) is 29.8. The Balaban J connectivity index is 1.68. The number of hydrogen-bond acceptors (Lipinski definition) is 2. The highest BCUT2D eigenvalue weighted by atomic mass is 19.1. The van der Waals surface area contributed by atoms with Crippen molar-refractivity contribution < 1.29 is 14.0 Å². The lowest BCUT2D eigenvalue weighted by Crippen LogP contribution is -2.57. The molecule has 4 rings (SSSR count). The van der Waals surface area contributed by atoms with Gasteiger partial charge in [0.1, 0.15) is 18.4 Å². The molecule has 1 unspecified atom stereocenters. The molecule has 0 N–H and O–H groups in total. The first-order valence-corrected chi connectivity index (χ1v) is 9.53. The Morgan fingerprint density at radius 3 is 2.26 bits per heavy atom. The minimum Gasteiger partial charge on any atom is -0.328 e. The first-order chi connectivity index (χ1) is 13.1. The smallest absolute Gasteiger partial charge is 0.250 e. The summed E-state index contributed by atoms with van der Waals surface area (Å²) in [6.07, 6.45) is 4.09. The number of amides is 2. The first kappa shape index (κ1) is 17.7. The van der Waals surface area contributed by atoms with Gasteiger partial charge in [-0.15, -0.1) is 0 Å². The molecule has 5 heteroatoms. The molecule has 1 saturated carbocycles. The van der Waals surface area contributed by atoms with E-state index in [-0.39, 0.29) is 30.2 Å². The second-order valence-corrected chi connectivity index (χ2v) is 7.37. The molecule has 0 bridgehead atoms. The van der Waals surface area contributed by atoms with Crippen LogP contribution in [-0.4, -0.2) is 34.2 Å². The van der Waals surface area contributed by atoms with Crippen molar-refractivity contribution in [1.82, 2.24) is 9.80 Å². The van der Waals surface area contributed by atoms with E-state index < -0.39 is 6.04 Å². The second-order valence-electron chi connectivity index (χ2n) is 7.37. The summed E-state index contributed by atoms with van der Waals surface area (Å²) in [5.74, 6) is -0.459. The van der Waals surface area contributed by atoms with Crippen LogP contribution < -0.4 is 0 Å². The van der Waals surface area contributed by atoms with Crippen molar-refractivity contribution in [2.45, 2.75) is 44.3 Å². The summed E-state index contributed by atoms with van der Waals surface area (Å²) in [6, 6.07) is 15.0. The summed E-state index contributed by atoms with van der Waals surface area (Å²) in [5, 5.41) is 0. The molecule has 0 radical (unpaired) electrons. The molecule has 2 aromatic rings. The predicted octanol–water partition coefficient (Wildman–Crippen LogP) is 3.68. The summed E-state index contributed by atoms with van der Waals surface area (Å²) < 4.78 is 13.4.